The van der Waals surface area contributed by atoms with Gasteiger partial charge >= 0.3 is 5.92 Å². The molecule has 0 bridgehead atoms. The van der Waals surface area contributed by atoms with E-state index in [2.05, 4.69) is 20.6 Å². The second-order valence-electron chi connectivity index (χ2n) is 11.4. The highest BCUT2D eigenvalue weighted by Crippen LogP contribution is 2.39. The maximum Gasteiger partial charge on any atom is 0.342 e. The molecule has 2 amide bonds. The van der Waals surface area contributed by atoms with Crippen LogP contribution in [0.5, 0.6) is 5.75 Å². The molecule has 3 heterocycles. The smallest absolute Gasteiger partial charge is 0.342 e. The van der Waals surface area contributed by atoms with Crippen molar-refractivity contribution < 1.29 is 31.9 Å². The Kier molecular flexibility index (Phi) is 9.23. The summed E-state index contributed by atoms with van der Waals surface area (Å²) < 4.78 is 60.7. The van der Waals surface area contributed by atoms with Crippen LogP contribution in [0.4, 0.5) is 40.7 Å². The summed E-state index contributed by atoms with van der Waals surface area (Å²) in [4.78, 5) is 38.6. The molecule has 14 heteroatoms. The zero-order chi connectivity index (χ0) is 30.7. The normalized spacial score (nSPS) is 20.1. The fourth-order valence-corrected chi connectivity index (χ4v) is 6.06. The summed E-state index contributed by atoms with van der Waals surface area (Å²) in [7, 11) is 2.75. The minimum Gasteiger partial charge on any atom is -0.495 e. The molecule has 3 aliphatic rings. The van der Waals surface area contributed by atoms with Crippen LogP contribution in [0.15, 0.2) is 24.4 Å². The van der Waals surface area contributed by atoms with Gasteiger partial charge in [0.05, 0.1) is 32.1 Å². The van der Waals surface area contributed by atoms with E-state index in [-0.39, 0.29) is 42.0 Å². The number of piperidine rings is 1. The van der Waals surface area contributed by atoms with E-state index in [0.29, 0.717) is 42.9 Å². The molecule has 2 N–H and O–H groups in total. The number of likely N-dealkylation sites (tertiary alicyclic amines) is 1. The molecule has 1 saturated heterocycles. The van der Waals surface area contributed by atoms with Gasteiger partial charge in [-0.25, -0.2) is 13.8 Å². The van der Waals surface area contributed by atoms with E-state index < -0.39 is 24.8 Å². The summed E-state index contributed by atoms with van der Waals surface area (Å²) in [6.07, 6.45) is 4.46. The van der Waals surface area contributed by atoms with E-state index in [1.54, 1.807) is 28.0 Å². The van der Waals surface area contributed by atoms with Gasteiger partial charge in [0.2, 0.25) is 5.95 Å². The summed E-state index contributed by atoms with van der Waals surface area (Å²) in [6, 6.07) is 4.51. The Bertz CT molecular complexity index is 1320. The molecule has 0 spiro atoms. The molecule has 234 valence electrons. The van der Waals surface area contributed by atoms with Crippen molar-refractivity contribution in [3.05, 3.63) is 30.0 Å². The van der Waals surface area contributed by atoms with E-state index in [9.17, 15) is 27.2 Å². The number of amides is 2. The van der Waals surface area contributed by atoms with Gasteiger partial charge in [-0.2, -0.15) is 13.8 Å². The number of rotatable bonds is 8. The summed E-state index contributed by atoms with van der Waals surface area (Å²) in [5.41, 5.74) is 1.01. The molecule has 2 aliphatic heterocycles. The number of carbonyl (C=O) groups excluding carboxylic acids is 2. The average Bonchev–Trinajstić information content (AvgIpc) is 3.07. The summed E-state index contributed by atoms with van der Waals surface area (Å²) >= 11 is 0. The molecule has 2 fully saturated rings. The summed E-state index contributed by atoms with van der Waals surface area (Å²) in [5.74, 6) is -4.48. The van der Waals surface area contributed by atoms with Crippen molar-refractivity contribution in [3.63, 3.8) is 0 Å². The van der Waals surface area contributed by atoms with Crippen LogP contribution in [0.2, 0.25) is 0 Å². The van der Waals surface area contributed by atoms with E-state index >= 15 is 0 Å². The fourth-order valence-electron chi connectivity index (χ4n) is 6.06. The quantitative estimate of drug-likeness (QED) is 0.425. The lowest BCUT2D eigenvalue weighted by atomic mass is 9.94. The predicted molar refractivity (Wildman–Crippen MR) is 154 cm³/mol. The van der Waals surface area contributed by atoms with Gasteiger partial charge < -0.3 is 25.2 Å². The number of carbonyl (C=O) groups is 2. The number of anilines is 4. The van der Waals surface area contributed by atoms with E-state index in [1.165, 1.54) is 20.4 Å². The zero-order valence-corrected chi connectivity index (χ0v) is 24.3. The molecule has 1 aliphatic carbocycles. The van der Waals surface area contributed by atoms with Crippen molar-refractivity contribution in [2.75, 3.05) is 55.5 Å². The number of nitrogens with one attached hydrogen (secondary N) is 2. The lowest BCUT2D eigenvalue weighted by molar-refractivity contribution is -0.140. The van der Waals surface area contributed by atoms with Crippen molar-refractivity contribution in [1.29, 1.82) is 0 Å². The monoisotopic (exact) mass is 607 g/mol. The fraction of sp³-hybridized carbons (Fsp3) is 0.586. The number of alkyl halides is 4. The van der Waals surface area contributed by atoms with Crippen molar-refractivity contribution in [1.82, 2.24) is 20.2 Å². The number of nitrogens with zero attached hydrogens (tertiary/aromatic N) is 5. The Morgan fingerprint density at radius 2 is 1.86 bits per heavy atom. The van der Waals surface area contributed by atoms with Crippen LogP contribution in [-0.4, -0.2) is 91.5 Å². The highest BCUT2D eigenvalue weighted by molar-refractivity contribution is 6.02. The lowest BCUT2D eigenvalue weighted by Gasteiger charge is -2.35. The van der Waals surface area contributed by atoms with E-state index in [1.807, 2.05) is 0 Å². The van der Waals surface area contributed by atoms with Gasteiger partial charge in [0.1, 0.15) is 11.4 Å². The number of fused-ring (bicyclic) bond motifs is 1. The predicted octanol–water partition coefficient (Wildman–Crippen LogP) is 4.44. The number of benzene rings is 1. The first-order valence-corrected chi connectivity index (χ1v) is 14.6. The summed E-state index contributed by atoms with van der Waals surface area (Å²) in [6.45, 7) is -0.0487. The molecule has 43 heavy (non-hydrogen) atoms. The van der Waals surface area contributed by atoms with Crippen LogP contribution in [0.3, 0.4) is 0 Å². The molecule has 0 radical (unpaired) electrons. The maximum atomic E-state index is 15.0. The van der Waals surface area contributed by atoms with Gasteiger partial charge in [0.15, 0.2) is 5.82 Å². The average molecular weight is 608 g/mol. The SMILES string of the molecule is COc1cc(C(=O)NC2CCN(CC(F)F)CC2)ccc1Nc1ncc2c(n1)N(C1CCCCC1)CC(F)(F)C(=O)N2C. The van der Waals surface area contributed by atoms with Gasteiger partial charge in [0, 0.05) is 37.8 Å². The Morgan fingerprint density at radius 3 is 2.53 bits per heavy atom. The number of hydrogen-bond acceptors (Lipinski definition) is 8. The van der Waals surface area contributed by atoms with Gasteiger partial charge in [0.25, 0.3) is 18.2 Å². The van der Waals surface area contributed by atoms with Crippen LogP contribution < -0.4 is 25.2 Å². The van der Waals surface area contributed by atoms with Crippen LogP contribution in [0, 0.1) is 0 Å². The van der Waals surface area contributed by atoms with Crippen LogP contribution >= 0.6 is 0 Å². The van der Waals surface area contributed by atoms with Gasteiger partial charge in [-0.05, 0) is 43.9 Å². The minimum atomic E-state index is -3.58. The number of aromatic nitrogens is 2. The third-order valence-electron chi connectivity index (χ3n) is 8.41. The van der Waals surface area contributed by atoms with Gasteiger partial charge in [-0.1, -0.05) is 19.3 Å². The molecule has 0 unspecified atom stereocenters. The highest BCUT2D eigenvalue weighted by Gasteiger charge is 2.48. The highest BCUT2D eigenvalue weighted by atomic mass is 19.3. The lowest BCUT2D eigenvalue weighted by Crippen LogP contribution is -2.49. The molecule has 0 atom stereocenters. The topological polar surface area (TPSA) is 103 Å². The number of halogens is 4. The molecule has 10 nitrogen and oxygen atoms in total. The van der Waals surface area contributed by atoms with Gasteiger partial charge in [-0.3, -0.25) is 14.5 Å². The third-order valence-corrected chi connectivity index (χ3v) is 8.41. The second-order valence-corrected chi connectivity index (χ2v) is 11.4. The van der Waals surface area contributed by atoms with Crippen LogP contribution in [0.1, 0.15) is 55.3 Å². The first-order chi connectivity index (χ1) is 20.6. The maximum absolute atomic E-state index is 15.0. The Morgan fingerprint density at radius 1 is 1.14 bits per heavy atom. The molecular weight excluding hydrogens is 570 g/mol. The third kappa shape index (κ3) is 6.94. The Hall–Kier alpha value is -3.68. The zero-order valence-electron chi connectivity index (χ0n) is 24.3. The Balaban J connectivity index is 1.33. The van der Waals surface area contributed by atoms with Crippen molar-refractivity contribution in [2.45, 2.75) is 69.4 Å². The van der Waals surface area contributed by atoms with Crippen molar-refractivity contribution >= 4 is 35.0 Å². The minimum absolute atomic E-state index is 0.122. The van der Waals surface area contributed by atoms with Crippen LogP contribution in [0.25, 0.3) is 0 Å². The Labute approximate surface area is 247 Å². The molecule has 1 aromatic heterocycles. The van der Waals surface area contributed by atoms with Crippen molar-refractivity contribution in [3.8, 4) is 5.75 Å². The number of methoxy groups -OCH3 is 1. The molecular formula is C29H37F4N7O3. The molecule has 1 aromatic carbocycles. The number of hydrogen-bond donors (Lipinski definition) is 2. The standard InChI is InChI=1S/C29H37F4N7O3/c1-38-22-15-34-28(37-25(22)40(17-29(32,33)27(38)42)20-6-4-3-5-7-20)36-21-9-8-18(14-23(21)43-2)26(41)35-19-10-12-39(13-11-19)16-24(30)31/h8-9,14-15,19-20,24H,3-7,10-13,16-17H2,1-2H3,(H,35,41)(H,34,36,37). The van der Waals surface area contributed by atoms with E-state index in [0.717, 1.165) is 37.0 Å². The first-order valence-electron chi connectivity index (χ1n) is 14.6. The van der Waals surface area contributed by atoms with E-state index in [4.69, 9.17) is 4.74 Å². The molecule has 1 saturated carbocycles. The van der Waals surface area contributed by atoms with Crippen LogP contribution in [-0.2, 0) is 4.79 Å². The first kappa shape index (κ1) is 30.8. The largest absolute Gasteiger partial charge is 0.495 e. The summed E-state index contributed by atoms with van der Waals surface area (Å²) in [5, 5.41) is 6.04. The molecule has 5 rings (SSSR count). The van der Waals surface area contributed by atoms with Crippen molar-refractivity contribution in [2.24, 2.45) is 0 Å². The van der Waals surface area contributed by atoms with Gasteiger partial charge in [-0.15, -0.1) is 0 Å². The second kappa shape index (κ2) is 12.9. The molecule has 2 aromatic rings. The number of ether oxygens (including phenoxy) is 1.